The summed E-state index contributed by atoms with van der Waals surface area (Å²) in [4.78, 5) is 19.7. The van der Waals surface area contributed by atoms with Crippen molar-refractivity contribution in [1.29, 1.82) is 0 Å². The van der Waals surface area contributed by atoms with Gasteiger partial charge in [-0.15, -0.1) is 11.3 Å². The minimum atomic E-state index is -0.102. The smallest absolute Gasteiger partial charge is 0.266 e. The molecule has 0 fully saturated rings. The second kappa shape index (κ2) is 5.43. The number of hydrogen-bond donors (Lipinski definition) is 2. The number of phenolic OH excluding ortho intramolecular Hbond substituents is 1. The van der Waals surface area contributed by atoms with Crippen LogP contribution in [0.15, 0.2) is 46.7 Å². The maximum absolute atomic E-state index is 12.2. The van der Waals surface area contributed by atoms with E-state index in [1.54, 1.807) is 18.3 Å². The number of aromatic nitrogens is 2. The minimum Gasteiger partial charge on any atom is -0.507 e. The van der Waals surface area contributed by atoms with Gasteiger partial charge in [-0.25, -0.2) is 0 Å². The molecule has 2 N–H and O–H groups in total. The zero-order valence-corrected chi connectivity index (χ0v) is 15.1. The van der Waals surface area contributed by atoms with Crippen molar-refractivity contribution in [3.8, 4) is 16.9 Å². The van der Waals surface area contributed by atoms with E-state index in [2.05, 4.69) is 30.7 Å². The van der Waals surface area contributed by atoms with Crippen LogP contribution in [0.3, 0.4) is 0 Å². The molecule has 0 aliphatic rings. The summed E-state index contributed by atoms with van der Waals surface area (Å²) < 4.78 is 0.665. The van der Waals surface area contributed by atoms with Gasteiger partial charge in [0, 0.05) is 44.7 Å². The Morgan fingerprint density at radius 1 is 1.12 bits per heavy atom. The van der Waals surface area contributed by atoms with Gasteiger partial charge < -0.3 is 10.1 Å². The van der Waals surface area contributed by atoms with Crippen LogP contribution >= 0.6 is 11.3 Å². The molecular weight excluding hydrogens is 332 g/mol. The second-order valence-electron chi connectivity index (χ2n) is 7.18. The topological polar surface area (TPSA) is 66.0 Å². The molecule has 0 saturated carbocycles. The summed E-state index contributed by atoms with van der Waals surface area (Å²) in [7, 11) is 0. The van der Waals surface area contributed by atoms with Gasteiger partial charge in [-0.2, -0.15) is 0 Å². The van der Waals surface area contributed by atoms with Gasteiger partial charge in [-0.1, -0.05) is 26.8 Å². The lowest BCUT2D eigenvalue weighted by Crippen LogP contribution is -2.12. The predicted octanol–water partition coefficient (Wildman–Crippen LogP) is 4.81. The number of nitrogens with zero attached hydrogens (tertiary/aromatic N) is 1. The summed E-state index contributed by atoms with van der Waals surface area (Å²) in [5.74, 6) is 0.178. The van der Waals surface area contributed by atoms with Crippen LogP contribution in [0.4, 0.5) is 0 Å². The minimum absolute atomic E-state index is 0.0365. The van der Waals surface area contributed by atoms with Gasteiger partial charge in [0.05, 0.1) is 0 Å². The average Bonchev–Trinajstić information content (AvgIpc) is 3.05. The molecule has 0 aliphatic carbocycles. The number of H-pyrrole nitrogens is 1. The molecule has 0 spiro atoms. The zero-order chi connectivity index (χ0) is 17.8. The Bertz CT molecular complexity index is 1150. The first-order chi connectivity index (χ1) is 11.9. The van der Waals surface area contributed by atoms with Crippen molar-refractivity contribution in [2.45, 2.75) is 26.2 Å². The Balaban J connectivity index is 2.06. The summed E-state index contributed by atoms with van der Waals surface area (Å²) in [6, 6.07) is 9.25. The highest BCUT2D eigenvalue weighted by Crippen LogP contribution is 2.39. The van der Waals surface area contributed by atoms with E-state index in [4.69, 9.17) is 0 Å². The van der Waals surface area contributed by atoms with Crippen molar-refractivity contribution in [3.05, 3.63) is 58.0 Å². The van der Waals surface area contributed by atoms with Gasteiger partial charge in [0.15, 0.2) is 0 Å². The van der Waals surface area contributed by atoms with Gasteiger partial charge in [0.1, 0.15) is 10.4 Å². The van der Waals surface area contributed by atoms with Crippen molar-refractivity contribution in [2.24, 2.45) is 0 Å². The van der Waals surface area contributed by atoms with E-state index in [0.717, 1.165) is 22.0 Å². The molecule has 0 aliphatic heterocycles. The fourth-order valence-corrected chi connectivity index (χ4v) is 3.91. The Morgan fingerprint density at radius 3 is 2.60 bits per heavy atom. The molecule has 0 unspecified atom stereocenters. The summed E-state index contributed by atoms with van der Waals surface area (Å²) in [6.45, 7) is 6.35. The molecule has 0 saturated heterocycles. The number of aromatic hydroxyl groups is 1. The summed E-state index contributed by atoms with van der Waals surface area (Å²) in [6.07, 6.45) is 1.79. The number of benzene rings is 1. The summed E-state index contributed by atoms with van der Waals surface area (Å²) in [5.41, 5.74) is 3.09. The van der Waals surface area contributed by atoms with Crippen LogP contribution in [0.5, 0.6) is 5.75 Å². The van der Waals surface area contributed by atoms with E-state index in [1.807, 2.05) is 23.6 Å². The van der Waals surface area contributed by atoms with Gasteiger partial charge in [0.25, 0.3) is 5.56 Å². The third-order valence-corrected chi connectivity index (χ3v) is 5.31. The highest BCUT2D eigenvalue weighted by molar-refractivity contribution is 7.17. The van der Waals surface area contributed by atoms with Gasteiger partial charge in [-0.05, 0) is 29.6 Å². The van der Waals surface area contributed by atoms with Crippen molar-refractivity contribution < 1.29 is 5.11 Å². The SMILES string of the molecule is CC(C)(C)c1ccc(-c2c(O)ccc3[nH]c(=O)c4sccc4c23)cn1. The molecule has 0 bridgehead atoms. The van der Waals surface area contributed by atoms with Gasteiger partial charge in [0.2, 0.25) is 0 Å². The number of rotatable bonds is 1. The van der Waals surface area contributed by atoms with Crippen LogP contribution in [0.1, 0.15) is 26.5 Å². The van der Waals surface area contributed by atoms with Crippen LogP contribution in [-0.2, 0) is 5.41 Å². The number of pyridine rings is 2. The molecule has 4 nitrogen and oxygen atoms in total. The number of thiophene rings is 1. The Hall–Kier alpha value is -2.66. The van der Waals surface area contributed by atoms with Crippen molar-refractivity contribution in [1.82, 2.24) is 9.97 Å². The predicted molar refractivity (Wildman–Crippen MR) is 104 cm³/mol. The quantitative estimate of drug-likeness (QED) is 0.518. The number of hydrogen-bond acceptors (Lipinski definition) is 4. The third kappa shape index (κ3) is 2.51. The number of phenols is 1. The first-order valence-corrected chi connectivity index (χ1v) is 8.96. The highest BCUT2D eigenvalue weighted by atomic mass is 32.1. The maximum Gasteiger partial charge on any atom is 0.266 e. The van der Waals surface area contributed by atoms with Crippen LogP contribution < -0.4 is 5.56 Å². The molecule has 126 valence electrons. The molecule has 5 heteroatoms. The van der Waals surface area contributed by atoms with Gasteiger partial charge in [-0.3, -0.25) is 9.78 Å². The van der Waals surface area contributed by atoms with Crippen molar-refractivity contribution >= 4 is 32.3 Å². The molecule has 0 amide bonds. The number of fused-ring (bicyclic) bond motifs is 3. The molecular formula is C20H18N2O2S. The molecule has 0 radical (unpaired) electrons. The fourth-order valence-electron chi connectivity index (χ4n) is 3.11. The largest absolute Gasteiger partial charge is 0.507 e. The molecule has 3 aromatic heterocycles. The first kappa shape index (κ1) is 15.8. The van der Waals surface area contributed by atoms with Crippen LogP contribution in [0.25, 0.3) is 32.1 Å². The lowest BCUT2D eigenvalue weighted by Gasteiger charge is -2.18. The molecule has 4 rings (SSSR count). The lowest BCUT2D eigenvalue weighted by atomic mass is 9.90. The number of aromatic amines is 1. The van der Waals surface area contributed by atoms with E-state index in [0.29, 0.717) is 15.8 Å². The fraction of sp³-hybridized carbons (Fsp3) is 0.200. The van der Waals surface area contributed by atoms with Gasteiger partial charge >= 0.3 is 0 Å². The van der Waals surface area contributed by atoms with Crippen LogP contribution in [0, 0.1) is 0 Å². The third-order valence-electron chi connectivity index (χ3n) is 4.39. The van der Waals surface area contributed by atoms with E-state index in [-0.39, 0.29) is 16.7 Å². The summed E-state index contributed by atoms with van der Waals surface area (Å²) in [5, 5.41) is 14.1. The Kier molecular flexibility index (Phi) is 3.44. The summed E-state index contributed by atoms with van der Waals surface area (Å²) >= 11 is 1.40. The Morgan fingerprint density at radius 2 is 1.92 bits per heavy atom. The second-order valence-corrected chi connectivity index (χ2v) is 8.10. The Labute approximate surface area is 148 Å². The van der Waals surface area contributed by atoms with Crippen LogP contribution in [-0.4, -0.2) is 15.1 Å². The molecule has 1 aromatic carbocycles. The monoisotopic (exact) mass is 350 g/mol. The van der Waals surface area contributed by atoms with E-state index < -0.39 is 0 Å². The lowest BCUT2D eigenvalue weighted by molar-refractivity contribution is 0.478. The van der Waals surface area contributed by atoms with Crippen molar-refractivity contribution in [2.75, 3.05) is 0 Å². The van der Waals surface area contributed by atoms with Crippen molar-refractivity contribution in [3.63, 3.8) is 0 Å². The molecule has 25 heavy (non-hydrogen) atoms. The average molecular weight is 350 g/mol. The zero-order valence-electron chi connectivity index (χ0n) is 14.3. The molecule has 3 heterocycles. The molecule has 0 atom stereocenters. The van der Waals surface area contributed by atoms with E-state index in [9.17, 15) is 9.90 Å². The van der Waals surface area contributed by atoms with E-state index >= 15 is 0 Å². The highest BCUT2D eigenvalue weighted by Gasteiger charge is 2.18. The normalized spacial score (nSPS) is 12.1. The maximum atomic E-state index is 12.2. The van der Waals surface area contributed by atoms with Crippen LogP contribution in [0.2, 0.25) is 0 Å². The molecule has 4 aromatic rings. The standard InChI is InChI=1S/C20H18N2O2S/c1-20(2,3)15-7-4-11(10-21-15)16-14(23)6-5-13-17(16)12-8-9-25-18(12)19(24)22-13/h4-10,23H,1-3H3,(H,22,24). The van der Waals surface area contributed by atoms with E-state index in [1.165, 1.54) is 11.3 Å². The first-order valence-electron chi connectivity index (χ1n) is 8.08. The number of nitrogens with one attached hydrogen (secondary N) is 1.